The zero-order valence-corrected chi connectivity index (χ0v) is 19.4. The highest BCUT2D eigenvalue weighted by molar-refractivity contribution is 5.34. The predicted octanol–water partition coefficient (Wildman–Crippen LogP) is 7.06. The summed E-state index contributed by atoms with van der Waals surface area (Å²) in [4.78, 5) is 2.45. The Morgan fingerprint density at radius 2 is 1.52 bits per heavy atom. The van der Waals surface area contributed by atoms with E-state index in [1.54, 1.807) is 11.1 Å². The van der Waals surface area contributed by atoms with Crippen molar-refractivity contribution in [2.45, 2.75) is 84.0 Å². The lowest BCUT2D eigenvalue weighted by Crippen LogP contribution is -2.29. The number of nitrogens with zero attached hydrogens (tertiary/aromatic N) is 1. The molecule has 0 spiro atoms. The standard InChI is InChI=1S/C28H41N/c1-22-11-16-27(28(2,3)4)21-26(22)10-8-6-7-9-23-12-14-24(15-13-23)25-17-19-29(5)20-18-25/h11-16,21,25H,6-10,17-20H2,1-5H3. The number of unbranched alkanes of at least 4 members (excludes halogenated alkanes) is 2. The molecule has 1 heteroatoms. The molecule has 2 aromatic rings. The van der Waals surface area contributed by atoms with Crippen LogP contribution in [-0.4, -0.2) is 25.0 Å². The molecule has 1 fully saturated rings. The fourth-order valence-corrected chi connectivity index (χ4v) is 4.53. The van der Waals surface area contributed by atoms with E-state index >= 15 is 0 Å². The van der Waals surface area contributed by atoms with Gasteiger partial charge in [-0.15, -0.1) is 0 Å². The van der Waals surface area contributed by atoms with E-state index in [-0.39, 0.29) is 5.41 Å². The number of hydrogen-bond acceptors (Lipinski definition) is 1. The Morgan fingerprint density at radius 3 is 2.17 bits per heavy atom. The molecule has 2 aromatic carbocycles. The van der Waals surface area contributed by atoms with Gasteiger partial charge in [-0.2, -0.15) is 0 Å². The molecule has 0 aromatic heterocycles. The molecule has 1 aliphatic heterocycles. The third-order valence-electron chi connectivity index (χ3n) is 6.80. The maximum atomic E-state index is 2.45. The topological polar surface area (TPSA) is 3.24 Å². The zero-order chi connectivity index (χ0) is 20.9. The number of benzene rings is 2. The van der Waals surface area contributed by atoms with Gasteiger partial charge >= 0.3 is 0 Å². The maximum absolute atomic E-state index is 2.45. The fraction of sp³-hybridized carbons (Fsp3) is 0.571. The van der Waals surface area contributed by atoms with Crippen LogP contribution in [-0.2, 0) is 18.3 Å². The Labute approximate surface area is 179 Å². The molecule has 0 radical (unpaired) electrons. The van der Waals surface area contributed by atoms with Gasteiger partial charge in [0.1, 0.15) is 0 Å². The van der Waals surface area contributed by atoms with Crippen molar-refractivity contribution in [3.63, 3.8) is 0 Å². The van der Waals surface area contributed by atoms with E-state index in [9.17, 15) is 0 Å². The van der Waals surface area contributed by atoms with Gasteiger partial charge in [-0.1, -0.05) is 69.7 Å². The summed E-state index contributed by atoms with van der Waals surface area (Å²) in [5.74, 6) is 0.771. The Bertz CT molecular complexity index is 758. The van der Waals surface area contributed by atoms with Crippen LogP contribution in [0.2, 0.25) is 0 Å². The van der Waals surface area contributed by atoms with Gasteiger partial charge in [0, 0.05) is 0 Å². The number of hydrogen-bond donors (Lipinski definition) is 0. The molecule has 0 atom stereocenters. The largest absolute Gasteiger partial charge is 0.306 e. The van der Waals surface area contributed by atoms with E-state index in [0.717, 1.165) is 5.92 Å². The summed E-state index contributed by atoms with van der Waals surface area (Å²) in [7, 11) is 2.24. The van der Waals surface area contributed by atoms with Gasteiger partial charge < -0.3 is 4.90 Å². The first-order valence-corrected chi connectivity index (χ1v) is 11.7. The summed E-state index contributed by atoms with van der Waals surface area (Å²) < 4.78 is 0. The molecule has 0 unspecified atom stereocenters. The van der Waals surface area contributed by atoms with Crippen molar-refractivity contribution in [1.29, 1.82) is 0 Å². The van der Waals surface area contributed by atoms with Gasteiger partial charge in [-0.25, -0.2) is 0 Å². The second-order valence-electron chi connectivity index (χ2n) is 10.3. The second-order valence-corrected chi connectivity index (χ2v) is 10.3. The summed E-state index contributed by atoms with van der Waals surface area (Å²) in [6.07, 6.45) is 8.96. The van der Waals surface area contributed by atoms with Crippen molar-refractivity contribution >= 4 is 0 Å². The van der Waals surface area contributed by atoms with Crippen LogP contribution < -0.4 is 0 Å². The van der Waals surface area contributed by atoms with E-state index in [0.29, 0.717) is 0 Å². The Morgan fingerprint density at radius 1 is 0.862 bits per heavy atom. The fourth-order valence-electron chi connectivity index (χ4n) is 4.53. The minimum atomic E-state index is 0.238. The Kier molecular flexibility index (Phi) is 7.57. The summed E-state index contributed by atoms with van der Waals surface area (Å²) >= 11 is 0. The molecular weight excluding hydrogens is 350 g/mol. The van der Waals surface area contributed by atoms with E-state index in [2.05, 4.69) is 82.1 Å². The van der Waals surface area contributed by atoms with Crippen LogP contribution >= 0.6 is 0 Å². The average molecular weight is 392 g/mol. The van der Waals surface area contributed by atoms with Crippen molar-refractivity contribution < 1.29 is 0 Å². The number of rotatable bonds is 7. The molecule has 1 nitrogen and oxygen atoms in total. The number of likely N-dealkylation sites (tertiary alicyclic amines) is 1. The van der Waals surface area contributed by atoms with Crippen molar-refractivity contribution in [3.8, 4) is 0 Å². The molecule has 0 amide bonds. The SMILES string of the molecule is Cc1ccc(C(C)(C)C)cc1CCCCCc1ccc(C2CCN(C)CC2)cc1. The molecular formula is C28H41N. The molecule has 0 saturated carbocycles. The van der Waals surface area contributed by atoms with Crippen LogP contribution in [0.25, 0.3) is 0 Å². The summed E-state index contributed by atoms with van der Waals surface area (Å²) in [5, 5.41) is 0. The van der Waals surface area contributed by atoms with Gasteiger partial charge in [0.15, 0.2) is 0 Å². The predicted molar refractivity (Wildman–Crippen MR) is 127 cm³/mol. The Balaban J connectivity index is 1.42. The van der Waals surface area contributed by atoms with Crippen molar-refractivity contribution in [1.82, 2.24) is 4.90 Å². The summed E-state index contributed by atoms with van der Waals surface area (Å²) in [6.45, 7) is 11.7. The highest BCUT2D eigenvalue weighted by Gasteiger charge is 2.18. The normalized spacial score (nSPS) is 16.3. The van der Waals surface area contributed by atoms with Gasteiger partial charge in [0.2, 0.25) is 0 Å². The average Bonchev–Trinajstić information content (AvgIpc) is 2.69. The van der Waals surface area contributed by atoms with Crippen LogP contribution in [0.4, 0.5) is 0 Å². The first kappa shape index (κ1) is 22.1. The molecule has 1 aliphatic rings. The first-order chi connectivity index (χ1) is 13.8. The molecule has 1 saturated heterocycles. The van der Waals surface area contributed by atoms with E-state index in [4.69, 9.17) is 0 Å². The summed E-state index contributed by atoms with van der Waals surface area (Å²) in [5.41, 5.74) is 7.75. The van der Waals surface area contributed by atoms with E-state index in [1.165, 1.54) is 74.7 Å². The zero-order valence-electron chi connectivity index (χ0n) is 19.4. The van der Waals surface area contributed by atoms with Crippen LogP contribution in [0.1, 0.15) is 86.6 Å². The summed E-state index contributed by atoms with van der Waals surface area (Å²) in [6, 6.07) is 16.6. The minimum Gasteiger partial charge on any atom is -0.306 e. The third kappa shape index (κ3) is 6.44. The lowest BCUT2D eigenvalue weighted by molar-refractivity contribution is 0.255. The van der Waals surface area contributed by atoms with E-state index < -0.39 is 0 Å². The molecule has 0 N–H and O–H groups in total. The van der Waals surface area contributed by atoms with Gasteiger partial charge in [-0.3, -0.25) is 0 Å². The first-order valence-electron chi connectivity index (χ1n) is 11.7. The highest BCUT2D eigenvalue weighted by Crippen LogP contribution is 2.28. The number of piperidine rings is 1. The molecule has 29 heavy (non-hydrogen) atoms. The molecule has 0 aliphatic carbocycles. The number of aryl methyl sites for hydroxylation is 3. The van der Waals surface area contributed by atoms with Crippen molar-refractivity contribution in [3.05, 3.63) is 70.3 Å². The van der Waals surface area contributed by atoms with Gasteiger partial charge in [0.05, 0.1) is 0 Å². The monoisotopic (exact) mass is 391 g/mol. The third-order valence-corrected chi connectivity index (χ3v) is 6.80. The lowest BCUT2D eigenvalue weighted by atomic mass is 9.84. The Hall–Kier alpha value is -1.60. The van der Waals surface area contributed by atoms with E-state index in [1.807, 2.05) is 0 Å². The van der Waals surface area contributed by atoms with Gasteiger partial charge in [0.25, 0.3) is 0 Å². The highest BCUT2D eigenvalue weighted by atomic mass is 15.1. The molecule has 158 valence electrons. The van der Waals surface area contributed by atoms with Gasteiger partial charge in [-0.05, 0) is 105 Å². The molecule has 0 bridgehead atoms. The second kappa shape index (κ2) is 9.94. The minimum absolute atomic E-state index is 0.238. The smallest absolute Gasteiger partial charge is 0.00159 e. The van der Waals surface area contributed by atoms with Crippen LogP contribution in [0.3, 0.4) is 0 Å². The lowest BCUT2D eigenvalue weighted by Gasteiger charge is -2.29. The van der Waals surface area contributed by atoms with Crippen LogP contribution in [0, 0.1) is 6.92 Å². The quantitative estimate of drug-likeness (QED) is 0.457. The maximum Gasteiger partial charge on any atom is -0.00159 e. The van der Waals surface area contributed by atoms with Crippen LogP contribution in [0.15, 0.2) is 42.5 Å². The van der Waals surface area contributed by atoms with Crippen molar-refractivity contribution in [2.24, 2.45) is 0 Å². The molecule has 1 heterocycles. The van der Waals surface area contributed by atoms with Crippen LogP contribution in [0.5, 0.6) is 0 Å². The molecule has 3 rings (SSSR count). The van der Waals surface area contributed by atoms with Crippen molar-refractivity contribution in [2.75, 3.05) is 20.1 Å².